The molecule has 0 amide bonds. The van der Waals surface area contributed by atoms with Gasteiger partial charge in [-0.05, 0) is 55.0 Å². The van der Waals surface area contributed by atoms with Crippen molar-refractivity contribution in [2.45, 2.75) is 33.1 Å². The fourth-order valence-electron chi connectivity index (χ4n) is 3.78. The zero-order valence-electron chi connectivity index (χ0n) is 15.3. The van der Waals surface area contributed by atoms with Crippen molar-refractivity contribution in [3.63, 3.8) is 0 Å². The van der Waals surface area contributed by atoms with Gasteiger partial charge in [-0.3, -0.25) is 0 Å². The molecule has 134 valence electrons. The number of aromatic nitrogens is 1. The van der Waals surface area contributed by atoms with Crippen LogP contribution in [0.4, 0.5) is 11.4 Å². The van der Waals surface area contributed by atoms with E-state index in [4.69, 9.17) is 10.2 Å². The van der Waals surface area contributed by atoms with Gasteiger partial charge in [-0.25, -0.2) is 4.98 Å². The Kier molecular flexibility index (Phi) is 4.41. The monoisotopic (exact) mass is 347 g/mol. The van der Waals surface area contributed by atoms with E-state index in [2.05, 4.69) is 30.2 Å². The summed E-state index contributed by atoms with van der Waals surface area (Å²) >= 11 is 0. The number of nitrogens with two attached hydrogens (primary N) is 1. The number of hydrogen-bond acceptors (Lipinski definition) is 4. The molecule has 1 heterocycles. The fourth-order valence-corrected chi connectivity index (χ4v) is 3.78. The van der Waals surface area contributed by atoms with E-state index in [-0.39, 0.29) is 0 Å². The zero-order valence-corrected chi connectivity index (χ0v) is 15.3. The molecule has 26 heavy (non-hydrogen) atoms. The third-order valence-electron chi connectivity index (χ3n) is 5.16. The van der Waals surface area contributed by atoms with Crippen molar-refractivity contribution in [2.75, 3.05) is 11.1 Å². The van der Waals surface area contributed by atoms with Crippen LogP contribution in [0.1, 0.15) is 33.1 Å². The largest absolute Gasteiger partial charge is 0.436 e. The first-order chi connectivity index (χ1) is 12.6. The Labute approximate surface area is 154 Å². The van der Waals surface area contributed by atoms with Crippen molar-refractivity contribution in [1.29, 1.82) is 0 Å². The first-order valence-electron chi connectivity index (χ1n) is 9.35. The van der Waals surface area contributed by atoms with E-state index in [0.717, 1.165) is 34.7 Å². The predicted octanol–water partition coefficient (Wildman–Crippen LogP) is 5.83. The Hall–Kier alpha value is -2.75. The summed E-state index contributed by atoms with van der Waals surface area (Å²) in [7, 11) is 0. The number of allylic oxidation sites excluding steroid dienone is 2. The lowest BCUT2D eigenvalue weighted by Crippen LogP contribution is -2.16. The quantitative estimate of drug-likeness (QED) is 0.583. The number of hydrogen-bond donors (Lipinski definition) is 2. The fraction of sp³-hybridized carbons (Fsp3) is 0.318. The molecular weight excluding hydrogens is 322 g/mol. The number of benzene rings is 2. The molecule has 4 rings (SSSR count). The van der Waals surface area contributed by atoms with Gasteiger partial charge in [0, 0.05) is 11.3 Å². The topological polar surface area (TPSA) is 64.1 Å². The van der Waals surface area contributed by atoms with Crippen molar-refractivity contribution >= 4 is 22.5 Å². The summed E-state index contributed by atoms with van der Waals surface area (Å²) in [6.07, 6.45) is 5.91. The molecule has 0 aliphatic heterocycles. The molecular formula is C22H25N3O. The number of rotatable bonds is 4. The van der Waals surface area contributed by atoms with Gasteiger partial charge in [0.05, 0.1) is 11.4 Å². The maximum Gasteiger partial charge on any atom is 0.227 e. The Balaban J connectivity index is 1.58. The standard InChI is InChI=1S/C22H25N3O/c1-3-15-10-14(2)11-17(12-15)24-19-9-8-16(13-18(19)23)22-25-20-6-4-5-7-21(20)26-22/h4-9,11,13-15,24H,3,10,12,23H2,1-2H3. The Morgan fingerprint density at radius 2 is 2.08 bits per heavy atom. The van der Waals surface area contributed by atoms with Gasteiger partial charge in [-0.2, -0.15) is 0 Å². The second kappa shape index (κ2) is 6.87. The molecule has 4 heteroatoms. The van der Waals surface area contributed by atoms with E-state index < -0.39 is 0 Å². The minimum absolute atomic E-state index is 0.598. The third-order valence-corrected chi connectivity index (χ3v) is 5.16. The lowest BCUT2D eigenvalue weighted by Gasteiger charge is -2.27. The number of nitrogens with zero attached hydrogens (tertiary/aromatic N) is 1. The number of nitrogens with one attached hydrogen (secondary N) is 1. The van der Waals surface area contributed by atoms with Gasteiger partial charge in [0.2, 0.25) is 5.89 Å². The number of nitrogen functional groups attached to an aromatic ring is 1. The van der Waals surface area contributed by atoms with Crippen molar-refractivity contribution in [3.8, 4) is 11.5 Å². The summed E-state index contributed by atoms with van der Waals surface area (Å²) in [5.41, 5.74) is 11.8. The van der Waals surface area contributed by atoms with Crippen molar-refractivity contribution in [2.24, 2.45) is 11.8 Å². The molecule has 0 bridgehead atoms. The summed E-state index contributed by atoms with van der Waals surface area (Å²) < 4.78 is 5.84. The first-order valence-corrected chi connectivity index (χ1v) is 9.35. The van der Waals surface area contributed by atoms with Crippen LogP contribution >= 0.6 is 0 Å². The minimum atomic E-state index is 0.598. The van der Waals surface area contributed by atoms with Crippen molar-refractivity contribution in [3.05, 3.63) is 54.2 Å². The van der Waals surface area contributed by atoms with E-state index in [1.54, 1.807) is 0 Å². The smallest absolute Gasteiger partial charge is 0.227 e. The number of anilines is 2. The maximum atomic E-state index is 6.31. The molecule has 2 unspecified atom stereocenters. The van der Waals surface area contributed by atoms with E-state index in [0.29, 0.717) is 17.5 Å². The van der Waals surface area contributed by atoms with E-state index >= 15 is 0 Å². The summed E-state index contributed by atoms with van der Waals surface area (Å²) in [6.45, 7) is 4.55. The van der Waals surface area contributed by atoms with Crippen LogP contribution in [0, 0.1) is 11.8 Å². The van der Waals surface area contributed by atoms with E-state index in [9.17, 15) is 0 Å². The molecule has 0 fully saturated rings. The molecule has 3 aromatic rings. The van der Waals surface area contributed by atoms with E-state index in [1.165, 1.54) is 18.5 Å². The van der Waals surface area contributed by atoms with Gasteiger partial charge in [0.25, 0.3) is 0 Å². The van der Waals surface area contributed by atoms with Gasteiger partial charge >= 0.3 is 0 Å². The zero-order chi connectivity index (χ0) is 18.1. The van der Waals surface area contributed by atoms with E-state index in [1.807, 2.05) is 42.5 Å². The van der Waals surface area contributed by atoms with Crippen LogP contribution in [-0.4, -0.2) is 4.98 Å². The number of fused-ring (bicyclic) bond motifs is 1. The van der Waals surface area contributed by atoms with Crippen molar-refractivity contribution in [1.82, 2.24) is 4.98 Å². The first kappa shape index (κ1) is 16.7. The molecule has 1 aliphatic carbocycles. The van der Waals surface area contributed by atoms with Crippen LogP contribution in [0.15, 0.2) is 58.7 Å². The molecule has 0 radical (unpaired) electrons. The van der Waals surface area contributed by atoms with Crippen LogP contribution in [-0.2, 0) is 0 Å². The molecule has 0 saturated heterocycles. The molecule has 2 atom stereocenters. The van der Waals surface area contributed by atoms with Crippen LogP contribution in [0.3, 0.4) is 0 Å². The summed E-state index contributed by atoms with van der Waals surface area (Å²) in [5, 5.41) is 3.53. The molecule has 0 saturated carbocycles. The van der Waals surface area contributed by atoms with Crippen molar-refractivity contribution < 1.29 is 4.42 Å². The number of para-hydroxylation sites is 2. The van der Waals surface area contributed by atoms with Crippen LogP contribution in [0.2, 0.25) is 0 Å². The SMILES string of the molecule is CCC1CC(Nc2ccc(-c3nc4ccccc4o3)cc2N)=CC(C)C1. The van der Waals surface area contributed by atoms with Gasteiger partial charge in [-0.1, -0.05) is 38.5 Å². The average Bonchev–Trinajstić information content (AvgIpc) is 3.07. The van der Waals surface area contributed by atoms with Gasteiger partial charge in [0.15, 0.2) is 5.58 Å². The van der Waals surface area contributed by atoms with Crippen LogP contribution in [0.25, 0.3) is 22.6 Å². The molecule has 1 aliphatic rings. The summed E-state index contributed by atoms with van der Waals surface area (Å²) in [4.78, 5) is 4.55. The Bertz CT molecular complexity index is 924. The van der Waals surface area contributed by atoms with Crippen LogP contribution < -0.4 is 11.1 Å². The van der Waals surface area contributed by atoms with Gasteiger partial charge in [-0.15, -0.1) is 0 Å². The molecule has 1 aromatic heterocycles. The molecule has 3 N–H and O–H groups in total. The highest BCUT2D eigenvalue weighted by Crippen LogP contribution is 2.33. The predicted molar refractivity (Wildman–Crippen MR) is 108 cm³/mol. The third kappa shape index (κ3) is 3.32. The second-order valence-corrected chi connectivity index (χ2v) is 7.30. The van der Waals surface area contributed by atoms with Gasteiger partial charge in [0.1, 0.15) is 5.52 Å². The summed E-state index contributed by atoms with van der Waals surface area (Å²) in [6, 6.07) is 13.7. The molecule has 0 spiro atoms. The Morgan fingerprint density at radius 1 is 1.23 bits per heavy atom. The normalized spacial score (nSPS) is 20.2. The highest BCUT2D eigenvalue weighted by atomic mass is 16.3. The average molecular weight is 347 g/mol. The minimum Gasteiger partial charge on any atom is -0.436 e. The highest BCUT2D eigenvalue weighted by molar-refractivity contribution is 5.79. The molecule has 2 aromatic carbocycles. The highest BCUT2D eigenvalue weighted by Gasteiger charge is 2.19. The lowest BCUT2D eigenvalue weighted by molar-refractivity contribution is 0.394. The number of oxazole rings is 1. The van der Waals surface area contributed by atoms with Crippen LogP contribution in [0.5, 0.6) is 0 Å². The summed E-state index contributed by atoms with van der Waals surface area (Å²) in [5.74, 6) is 1.95. The van der Waals surface area contributed by atoms with Gasteiger partial charge < -0.3 is 15.5 Å². The lowest BCUT2D eigenvalue weighted by atomic mass is 9.84. The Morgan fingerprint density at radius 3 is 2.85 bits per heavy atom. The maximum absolute atomic E-state index is 6.31. The molecule has 4 nitrogen and oxygen atoms in total. The second-order valence-electron chi connectivity index (χ2n) is 7.30.